The number of aromatic nitrogens is 4. The van der Waals surface area contributed by atoms with Gasteiger partial charge in [-0.15, -0.1) is 0 Å². The van der Waals surface area contributed by atoms with Crippen molar-refractivity contribution in [3.8, 4) is 0 Å². The maximum absolute atomic E-state index is 11.4. The summed E-state index contributed by atoms with van der Waals surface area (Å²) in [7, 11) is 1.71. The van der Waals surface area contributed by atoms with Crippen LogP contribution in [0.15, 0.2) is 18.7 Å². The summed E-state index contributed by atoms with van der Waals surface area (Å²) in [6.07, 6.45) is 5.28. The molecule has 0 saturated carbocycles. The molecule has 1 unspecified atom stereocenters. The number of anilines is 1. The Hall–Kier alpha value is -2.38. The van der Waals surface area contributed by atoms with E-state index in [2.05, 4.69) is 15.4 Å². The Morgan fingerprint density at radius 2 is 2.14 bits per heavy atom. The van der Waals surface area contributed by atoms with Crippen LogP contribution < -0.4 is 5.32 Å². The van der Waals surface area contributed by atoms with Crippen LogP contribution >= 0.6 is 0 Å². The van der Waals surface area contributed by atoms with Crippen LogP contribution in [-0.4, -0.2) is 30.3 Å². The van der Waals surface area contributed by atoms with Gasteiger partial charge in [0.1, 0.15) is 5.69 Å². The minimum Gasteiger partial charge on any atom is -0.360 e. The molecule has 2 rings (SSSR count). The molecular weight excluding hydrogens is 272 g/mol. The molecule has 1 atom stereocenters. The molecule has 0 aliphatic carbocycles. The van der Waals surface area contributed by atoms with Crippen molar-refractivity contribution in [2.24, 2.45) is 7.05 Å². The summed E-state index contributed by atoms with van der Waals surface area (Å²) in [5, 5.41) is 18.8. The highest BCUT2D eigenvalue weighted by molar-refractivity contribution is 5.61. The summed E-state index contributed by atoms with van der Waals surface area (Å²) in [5.74, 6) is 0.437. The number of nitrogens with one attached hydrogen (secondary N) is 1. The summed E-state index contributed by atoms with van der Waals surface area (Å²) in [6, 6.07) is 0.00770. The fourth-order valence-corrected chi connectivity index (χ4v) is 2.25. The number of imidazole rings is 1. The van der Waals surface area contributed by atoms with Crippen molar-refractivity contribution >= 4 is 11.5 Å². The lowest BCUT2D eigenvalue weighted by Crippen LogP contribution is -2.23. The van der Waals surface area contributed by atoms with E-state index in [0.717, 1.165) is 0 Å². The fourth-order valence-electron chi connectivity index (χ4n) is 2.25. The Labute approximate surface area is 122 Å². The first-order valence-corrected chi connectivity index (χ1v) is 6.83. The molecule has 0 radical (unpaired) electrons. The van der Waals surface area contributed by atoms with Gasteiger partial charge < -0.3 is 9.88 Å². The molecular formula is C13H20N6O2. The molecule has 21 heavy (non-hydrogen) atoms. The summed E-state index contributed by atoms with van der Waals surface area (Å²) < 4.78 is 3.46. The molecule has 114 valence electrons. The monoisotopic (exact) mass is 292 g/mol. The molecule has 1 N–H and O–H groups in total. The van der Waals surface area contributed by atoms with E-state index in [1.54, 1.807) is 19.6 Å². The standard InChI is InChI=1S/C13H20N6O2/c1-9(2)11-12(19(20)21)13(17(4)16-11)15-10(3)7-18-6-5-14-8-18/h5-6,8-10,15H,7H2,1-4H3. The first-order chi connectivity index (χ1) is 9.90. The van der Waals surface area contributed by atoms with Gasteiger partial charge in [-0.1, -0.05) is 13.8 Å². The summed E-state index contributed by atoms with van der Waals surface area (Å²) >= 11 is 0. The molecule has 0 aromatic carbocycles. The molecule has 8 heteroatoms. The summed E-state index contributed by atoms with van der Waals surface area (Å²) in [5.41, 5.74) is 0.560. The maximum atomic E-state index is 11.4. The maximum Gasteiger partial charge on any atom is 0.334 e. The van der Waals surface area contributed by atoms with Crippen LogP contribution in [0.4, 0.5) is 11.5 Å². The zero-order valence-corrected chi connectivity index (χ0v) is 12.6. The van der Waals surface area contributed by atoms with Gasteiger partial charge in [0.05, 0.1) is 11.3 Å². The average Bonchev–Trinajstić information content (AvgIpc) is 2.98. The highest BCUT2D eigenvalue weighted by Gasteiger charge is 2.29. The van der Waals surface area contributed by atoms with E-state index in [9.17, 15) is 10.1 Å². The molecule has 0 spiro atoms. The van der Waals surface area contributed by atoms with Crippen LogP contribution in [0.1, 0.15) is 32.4 Å². The molecule has 0 fully saturated rings. The quantitative estimate of drug-likeness (QED) is 0.650. The van der Waals surface area contributed by atoms with Crippen LogP contribution in [0.2, 0.25) is 0 Å². The molecule has 0 amide bonds. The lowest BCUT2D eigenvalue weighted by atomic mass is 10.1. The minimum absolute atomic E-state index is 0.00361. The van der Waals surface area contributed by atoms with E-state index in [4.69, 9.17) is 0 Å². The molecule has 0 bridgehead atoms. The van der Waals surface area contributed by atoms with Crippen LogP contribution in [-0.2, 0) is 13.6 Å². The Morgan fingerprint density at radius 3 is 2.67 bits per heavy atom. The minimum atomic E-state index is -0.366. The van der Waals surface area contributed by atoms with Crippen LogP contribution in [0.5, 0.6) is 0 Å². The van der Waals surface area contributed by atoms with Crippen LogP contribution in [0.3, 0.4) is 0 Å². The van der Waals surface area contributed by atoms with Crippen LogP contribution in [0.25, 0.3) is 0 Å². The van der Waals surface area contributed by atoms with Crippen molar-refractivity contribution in [2.45, 2.75) is 39.3 Å². The normalized spacial score (nSPS) is 12.6. The van der Waals surface area contributed by atoms with Gasteiger partial charge in [0.25, 0.3) is 0 Å². The Bertz CT molecular complexity index is 617. The number of aryl methyl sites for hydroxylation is 1. The van der Waals surface area contributed by atoms with Crippen LogP contribution in [0, 0.1) is 10.1 Å². The molecule has 2 aromatic rings. The van der Waals surface area contributed by atoms with Gasteiger partial charge >= 0.3 is 5.69 Å². The van der Waals surface area contributed by atoms with Gasteiger partial charge in [0.2, 0.25) is 5.82 Å². The van der Waals surface area contributed by atoms with Crippen molar-refractivity contribution < 1.29 is 4.92 Å². The Morgan fingerprint density at radius 1 is 1.43 bits per heavy atom. The molecule has 8 nitrogen and oxygen atoms in total. The number of hydrogen-bond donors (Lipinski definition) is 1. The van der Waals surface area contributed by atoms with E-state index in [-0.39, 0.29) is 22.6 Å². The highest BCUT2D eigenvalue weighted by Crippen LogP contribution is 2.33. The fraction of sp³-hybridized carbons (Fsp3) is 0.538. The largest absolute Gasteiger partial charge is 0.360 e. The second-order valence-electron chi connectivity index (χ2n) is 5.42. The second-order valence-corrected chi connectivity index (χ2v) is 5.42. The van der Waals surface area contributed by atoms with Crippen molar-refractivity contribution in [1.29, 1.82) is 0 Å². The lowest BCUT2D eigenvalue weighted by Gasteiger charge is -2.15. The Balaban J connectivity index is 2.24. The predicted molar refractivity (Wildman–Crippen MR) is 79.3 cm³/mol. The highest BCUT2D eigenvalue weighted by atomic mass is 16.6. The third-order valence-corrected chi connectivity index (χ3v) is 3.20. The topological polar surface area (TPSA) is 90.8 Å². The van der Waals surface area contributed by atoms with Crippen molar-refractivity contribution in [2.75, 3.05) is 5.32 Å². The molecule has 0 aliphatic heterocycles. The zero-order chi connectivity index (χ0) is 15.6. The van der Waals surface area contributed by atoms with Crippen molar-refractivity contribution in [3.63, 3.8) is 0 Å². The Kier molecular flexibility index (Phi) is 4.25. The molecule has 2 heterocycles. The third-order valence-electron chi connectivity index (χ3n) is 3.20. The number of nitro groups is 1. The van der Waals surface area contributed by atoms with Crippen molar-refractivity contribution in [3.05, 3.63) is 34.5 Å². The third kappa shape index (κ3) is 3.21. The van der Waals surface area contributed by atoms with Gasteiger partial charge in [0.15, 0.2) is 0 Å². The molecule has 0 aliphatic rings. The van der Waals surface area contributed by atoms with Crippen molar-refractivity contribution in [1.82, 2.24) is 19.3 Å². The second kappa shape index (κ2) is 5.94. The van der Waals surface area contributed by atoms with Gasteiger partial charge in [-0.05, 0) is 6.92 Å². The van der Waals surface area contributed by atoms with E-state index >= 15 is 0 Å². The van der Waals surface area contributed by atoms with E-state index in [1.807, 2.05) is 31.5 Å². The van der Waals surface area contributed by atoms with E-state index in [0.29, 0.717) is 18.1 Å². The summed E-state index contributed by atoms with van der Waals surface area (Å²) in [4.78, 5) is 15.0. The number of hydrogen-bond acceptors (Lipinski definition) is 5. The first-order valence-electron chi connectivity index (χ1n) is 6.83. The predicted octanol–water partition coefficient (Wildman–Crippen LogP) is 2.15. The molecule has 0 saturated heterocycles. The first kappa shape index (κ1) is 15.0. The zero-order valence-electron chi connectivity index (χ0n) is 12.6. The molecule has 2 aromatic heterocycles. The SMILES string of the molecule is CC(Cn1ccnc1)Nc1c([N+](=O)[O-])c(C(C)C)nn1C. The van der Waals surface area contributed by atoms with Gasteiger partial charge in [-0.25, -0.2) is 9.67 Å². The average molecular weight is 292 g/mol. The smallest absolute Gasteiger partial charge is 0.334 e. The van der Waals surface area contributed by atoms with E-state index < -0.39 is 0 Å². The number of rotatable bonds is 6. The van der Waals surface area contributed by atoms with E-state index in [1.165, 1.54) is 4.68 Å². The summed E-state index contributed by atoms with van der Waals surface area (Å²) in [6.45, 7) is 6.42. The van der Waals surface area contributed by atoms with Gasteiger partial charge in [-0.2, -0.15) is 5.10 Å². The number of nitrogens with zero attached hydrogens (tertiary/aromatic N) is 5. The lowest BCUT2D eigenvalue weighted by molar-refractivity contribution is -0.384. The van der Waals surface area contributed by atoms with Gasteiger partial charge in [-0.3, -0.25) is 10.1 Å². The van der Waals surface area contributed by atoms with Gasteiger partial charge in [0, 0.05) is 37.9 Å².